The molecule has 2 fully saturated rings. The summed E-state index contributed by atoms with van der Waals surface area (Å²) in [5.74, 6) is -0.550. The summed E-state index contributed by atoms with van der Waals surface area (Å²) in [5, 5.41) is 0. The molecule has 1 aromatic rings. The third kappa shape index (κ3) is 3.06. The first-order valence-electron chi connectivity index (χ1n) is 10.4. The highest BCUT2D eigenvalue weighted by molar-refractivity contribution is 6.10. The lowest BCUT2D eigenvalue weighted by Crippen LogP contribution is -2.53. The van der Waals surface area contributed by atoms with E-state index in [1.165, 1.54) is 32.1 Å². The molecule has 146 valence electrons. The fourth-order valence-electron chi connectivity index (χ4n) is 5.58. The molecule has 2 aliphatic heterocycles. The molecule has 0 unspecified atom stereocenters. The zero-order valence-electron chi connectivity index (χ0n) is 16.5. The van der Waals surface area contributed by atoms with Crippen molar-refractivity contribution in [3.8, 4) is 0 Å². The minimum absolute atomic E-state index is 0.0273. The lowest BCUT2D eigenvalue weighted by Gasteiger charge is -2.45. The molecule has 2 N–H and O–H groups in total. The molecule has 0 spiro atoms. The van der Waals surface area contributed by atoms with E-state index in [9.17, 15) is 9.59 Å². The average Bonchev–Trinajstić information content (AvgIpc) is 2.88. The molecule has 1 aliphatic carbocycles. The Bertz CT molecular complexity index is 744. The van der Waals surface area contributed by atoms with Crippen molar-refractivity contribution >= 4 is 11.8 Å². The fraction of sp³-hybridized carbons (Fsp3) is 0.636. The Morgan fingerprint density at radius 1 is 1.04 bits per heavy atom. The van der Waals surface area contributed by atoms with Crippen molar-refractivity contribution in [2.75, 3.05) is 13.1 Å². The van der Waals surface area contributed by atoms with Crippen molar-refractivity contribution in [2.45, 2.75) is 76.4 Å². The highest BCUT2D eigenvalue weighted by Gasteiger charge is 2.48. The number of piperidine rings is 1. The number of amides is 2. The fourth-order valence-corrected chi connectivity index (χ4v) is 5.58. The van der Waals surface area contributed by atoms with E-state index in [2.05, 4.69) is 18.7 Å². The largest absolute Gasteiger partial charge is 0.366 e. The van der Waals surface area contributed by atoms with Gasteiger partial charge in [-0.3, -0.25) is 9.59 Å². The maximum atomic E-state index is 13.3. The molecule has 2 heterocycles. The van der Waals surface area contributed by atoms with Gasteiger partial charge in [-0.2, -0.15) is 0 Å². The third-order valence-electron chi connectivity index (χ3n) is 6.98. The van der Waals surface area contributed by atoms with Gasteiger partial charge in [0.1, 0.15) is 0 Å². The molecule has 3 aliphatic rings. The lowest BCUT2D eigenvalue weighted by molar-refractivity contribution is 0.0228. The van der Waals surface area contributed by atoms with E-state index in [0.29, 0.717) is 11.1 Å². The average molecular weight is 370 g/mol. The molecule has 2 amide bonds. The first kappa shape index (κ1) is 18.5. The number of benzene rings is 1. The van der Waals surface area contributed by atoms with Crippen molar-refractivity contribution < 1.29 is 9.59 Å². The van der Waals surface area contributed by atoms with E-state index in [4.69, 9.17) is 5.73 Å². The predicted molar refractivity (Wildman–Crippen MR) is 106 cm³/mol. The molecule has 4 rings (SSSR count). The normalized spacial score (nSPS) is 24.2. The quantitative estimate of drug-likeness (QED) is 0.889. The summed E-state index contributed by atoms with van der Waals surface area (Å²) >= 11 is 0. The van der Waals surface area contributed by atoms with Gasteiger partial charge in [-0.1, -0.05) is 31.4 Å². The number of rotatable bonds is 3. The van der Waals surface area contributed by atoms with Crippen LogP contribution < -0.4 is 5.73 Å². The van der Waals surface area contributed by atoms with Crippen LogP contribution in [0, 0.1) is 0 Å². The number of likely N-dealkylation sites (tertiary alicyclic amines) is 1. The van der Waals surface area contributed by atoms with Crippen LogP contribution in [0.15, 0.2) is 18.2 Å². The van der Waals surface area contributed by atoms with Gasteiger partial charge in [0.05, 0.1) is 16.7 Å². The minimum Gasteiger partial charge on any atom is -0.366 e. The number of nitrogens with two attached hydrogens (primary N) is 1. The summed E-state index contributed by atoms with van der Waals surface area (Å²) in [7, 11) is 0. The molecule has 1 saturated heterocycles. The van der Waals surface area contributed by atoms with Gasteiger partial charge < -0.3 is 15.5 Å². The van der Waals surface area contributed by atoms with E-state index >= 15 is 0 Å². The van der Waals surface area contributed by atoms with Crippen LogP contribution in [0.3, 0.4) is 0 Å². The Kier molecular flexibility index (Phi) is 4.75. The van der Waals surface area contributed by atoms with Gasteiger partial charge in [-0.25, -0.2) is 0 Å². The summed E-state index contributed by atoms with van der Waals surface area (Å²) in [5.41, 5.74) is 6.94. The molecule has 0 atom stereocenters. The van der Waals surface area contributed by atoms with Crippen LogP contribution in [0.5, 0.6) is 0 Å². The SMILES string of the molecule is CC1(C)c2cccc(C(N)=O)c2C(=O)N1C1CCN(C2CCCCC2)CC1. The maximum absolute atomic E-state index is 13.3. The second kappa shape index (κ2) is 6.93. The highest BCUT2D eigenvalue weighted by Crippen LogP contribution is 2.43. The molecule has 5 heteroatoms. The van der Waals surface area contributed by atoms with Crippen LogP contribution in [0.1, 0.15) is 85.1 Å². The Morgan fingerprint density at radius 3 is 2.33 bits per heavy atom. The van der Waals surface area contributed by atoms with Gasteiger partial charge in [0, 0.05) is 25.2 Å². The van der Waals surface area contributed by atoms with Crippen molar-refractivity contribution in [3.63, 3.8) is 0 Å². The predicted octanol–water partition coefficient (Wildman–Crippen LogP) is 3.27. The Balaban J connectivity index is 1.54. The second-order valence-corrected chi connectivity index (χ2v) is 8.89. The molecule has 0 bridgehead atoms. The van der Waals surface area contributed by atoms with E-state index in [0.717, 1.165) is 37.5 Å². The number of fused-ring (bicyclic) bond motifs is 1. The monoisotopic (exact) mass is 369 g/mol. The summed E-state index contributed by atoms with van der Waals surface area (Å²) in [6.45, 7) is 6.31. The first-order valence-corrected chi connectivity index (χ1v) is 10.4. The van der Waals surface area contributed by atoms with Crippen molar-refractivity contribution in [1.29, 1.82) is 0 Å². The van der Waals surface area contributed by atoms with Gasteiger partial charge >= 0.3 is 0 Å². The van der Waals surface area contributed by atoms with Gasteiger partial charge in [0.25, 0.3) is 5.91 Å². The van der Waals surface area contributed by atoms with Crippen molar-refractivity contribution in [2.24, 2.45) is 5.73 Å². The number of nitrogens with zero attached hydrogens (tertiary/aromatic N) is 2. The van der Waals surface area contributed by atoms with Crippen molar-refractivity contribution in [3.05, 3.63) is 34.9 Å². The smallest absolute Gasteiger partial charge is 0.255 e. The summed E-state index contributed by atoms with van der Waals surface area (Å²) in [4.78, 5) is 29.9. The third-order valence-corrected chi connectivity index (χ3v) is 6.98. The standard InChI is InChI=1S/C22H31N3O2/c1-22(2)18-10-6-9-17(20(23)26)19(18)21(27)25(22)16-11-13-24(14-12-16)15-7-4-3-5-8-15/h6,9-10,15-16H,3-5,7-8,11-14H2,1-2H3,(H2,23,26). The molecular formula is C22H31N3O2. The van der Waals surface area contributed by atoms with E-state index in [-0.39, 0.29) is 11.9 Å². The molecule has 0 aromatic heterocycles. The van der Waals surface area contributed by atoms with Gasteiger partial charge in [0.2, 0.25) is 5.91 Å². The number of carbonyl (C=O) groups is 2. The first-order chi connectivity index (χ1) is 12.9. The topological polar surface area (TPSA) is 66.6 Å². The van der Waals surface area contributed by atoms with E-state index in [1.807, 2.05) is 17.0 Å². The van der Waals surface area contributed by atoms with E-state index in [1.54, 1.807) is 6.07 Å². The Hall–Kier alpha value is -1.88. The van der Waals surface area contributed by atoms with Gasteiger partial charge in [0.15, 0.2) is 0 Å². The molecule has 27 heavy (non-hydrogen) atoms. The molecule has 1 aromatic carbocycles. The molecular weight excluding hydrogens is 338 g/mol. The highest BCUT2D eigenvalue weighted by atomic mass is 16.2. The van der Waals surface area contributed by atoms with Gasteiger partial charge in [-0.05, 0) is 51.2 Å². The summed E-state index contributed by atoms with van der Waals surface area (Å²) in [6.07, 6.45) is 8.75. The summed E-state index contributed by atoms with van der Waals surface area (Å²) < 4.78 is 0. The van der Waals surface area contributed by atoms with Crippen LogP contribution >= 0.6 is 0 Å². The number of primary amides is 1. The van der Waals surface area contributed by atoms with E-state index < -0.39 is 11.4 Å². The molecule has 5 nitrogen and oxygen atoms in total. The van der Waals surface area contributed by atoms with Crippen molar-refractivity contribution in [1.82, 2.24) is 9.80 Å². The summed E-state index contributed by atoms with van der Waals surface area (Å²) in [6, 6.07) is 6.44. The van der Waals surface area contributed by atoms with Crippen LogP contribution in [0.25, 0.3) is 0 Å². The van der Waals surface area contributed by atoms with Gasteiger partial charge in [-0.15, -0.1) is 0 Å². The zero-order valence-corrected chi connectivity index (χ0v) is 16.5. The molecule has 0 radical (unpaired) electrons. The number of hydrogen-bond acceptors (Lipinski definition) is 3. The Morgan fingerprint density at radius 2 is 1.70 bits per heavy atom. The number of carbonyl (C=O) groups excluding carboxylic acids is 2. The zero-order chi connectivity index (χ0) is 19.2. The lowest BCUT2D eigenvalue weighted by atomic mass is 9.89. The van der Waals surface area contributed by atoms with Crippen LogP contribution in [-0.2, 0) is 5.54 Å². The van der Waals surface area contributed by atoms with Crippen LogP contribution in [0.2, 0.25) is 0 Å². The van der Waals surface area contributed by atoms with Crippen LogP contribution in [-0.4, -0.2) is 46.8 Å². The van der Waals surface area contributed by atoms with Crippen LogP contribution in [0.4, 0.5) is 0 Å². The second-order valence-electron chi connectivity index (χ2n) is 8.89. The minimum atomic E-state index is -0.523. The number of hydrogen-bond donors (Lipinski definition) is 1. The maximum Gasteiger partial charge on any atom is 0.255 e. The molecule has 1 saturated carbocycles. The Labute approximate surface area is 161 Å².